The largest absolute Gasteiger partial charge is 0.461 e. The van der Waals surface area contributed by atoms with Crippen molar-refractivity contribution in [1.29, 1.82) is 0 Å². The van der Waals surface area contributed by atoms with Gasteiger partial charge in [-0.25, -0.2) is 0 Å². The Hall–Kier alpha value is -3.47. The van der Waals surface area contributed by atoms with E-state index in [1.54, 1.807) is 24.3 Å². The van der Waals surface area contributed by atoms with Crippen molar-refractivity contribution in [2.75, 3.05) is 51.6 Å². The number of rotatable bonds is 10. The van der Waals surface area contributed by atoms with Gasteiger partial charge in [-0.05, 0) is 44.0 Å². The lowest BCUT2D eigenvalue weighted by Crippen LogP contribution is -2.47. The van der Waals surface area contributed by atoms with Crippen LogP contribution in [0.4, 0.5) is 5.69 Å². The predicted octanol–water partition coefficient (Wildman–Crippen LogP) is 0.740. The van der Waals surface area contributed by atoms with E-state index in [1.807, 2.05) is 11.9 Å². The highest BCUT2D eigenvalue weighted by molar-refractivity contribution is 5.98. The van der Waals surface area contributed by atoms with Gasteiger partial charge in [0, 0.05) is 58.2 Å². The van der Waals surface area contributed by atoms with Gasteiger partial charge >= 0.3 is 5.97 Å². The number of likely N-dealkylation sites (tertiary alicyclic amines) is 1. The van der Waals surface area contributed by atoms with E-state index < -0.39 is 6.04 Å². The predicted molar refractivity (Wildman–Crippen MR) is 136 cm³/mol. The van der Waals surface area contributed by atoms with Crippen LogP contribution in [0.15, 0.2) is 24.3 Å². The molecule has 0 bridgehead atoms. The Labute approximate surface area is 217 Å². The van der Waals surface area contributed by atoms with Crippen molar-refractivity contribution in [1.82, 2.24) is 20.0 Å². The Morgan fingerprint density at radius 3 is 2.32 bits per heavy atom. The van der Waals surface area contributed by atoms with Gasteiger partial charge in [-0.15, -0.1) is 0 Å². The third kappa shape index (κ3) is 8.85. The molecule has 0 aromatic heterocycles. The number of hydrogen-bond acceptors (Lipinski definition) is 7. The van der Waals surface area contributed by atoms with Crippen LogP contribution in [0.5, 0.6) is 0 Å². The van der Waals surface area contributed by atoms with Crippen LogP contribution in [0.3, 0.4) is 0 Å². The smallest absolute Gasteiger partial charge is 0.302 e. The topological polar surface area (TPSA) is 128 Å². The third-order valence-electron chi connectivity index (χ3n) is 6.63. The van der Waals surface area contributed by atoms with Crippen molar-refractivity contribution < 1.29 is 28.7 Å². The molecule has 2 heterocycles. The van der Waals surface area contributed by atoms with E-state index >= 15 is 0 Å². The molecule has 2 aliphatic rings. The van der Waals surface area contributed by atoms with Crippen molar-refractivity contribution in [3.63, 3.8) is 0 Å². The second-order valence-electron chi connectivity index (χ2n) is 9.53. The maximum absolute atomic E-state index is 12.8. The van der Waals surface area contributed by atoms with Crippen LogP contribution >= 0.6 is 0 Å². The number of benzene rings is 1. The van der Waals surface area contributed by atoms with E-state index in [9.17, 15) is 24.0 Å². The summed E-state index contributed by atoms with van der Waals surface area (Å²) >= 11 is 0. The van der Waals surface area contributed by atoms with Crippen molar-refractivity contribution >= 4 is 35.3 Å². The summed E-state index contributed by atoms with van der Waals surface area (Å²) in [6.07, 6.45) is 2.16. The third-order valence-corrected chi connectivity index (χ3v) is 6.63. The number of nitrogens with one attached hydrogen (secondary N) is 2. The van der Waals surface area contributed by atoms with Gasteiger partial charge in [-0.1, -0.05) is 12.1 Å². The summed E-state index contributed by atoms with van der Waals surface area (Å²) in [5.41, 5.74) is 1.38. The van der Waals surface area contributed by atoms with E-state index in [0.29, 0.717) is 51.0 Å². The zero-order chi connectivity index (χ0) is 26.8. The fourth-order valence-corrected chi connectivity index (χ4v) is 4.41. The number of piperazine rings is 1. The van der Waals surface area contributed by atoms with Crippen LogP contribution in [-0.4, -0.2) is 96.7 Å². The second kappa shape index (κ2) is 13.7. The van der Waals surface area contributed by atoms with Crippen molar-refractivity contribution in [2.24, 2.45) is 0 Å². The van der Waals surface area contributed by atoms with Gasteiger partial charge in [0.15, 0.2) is 0 Å². The number of carbonyl (C=O) groups excluding carboxylic acids is 5. The van der Waals surface area contributed by atoms with Crippen LogP contribution in [0.25, 0.3) is 0 Å². The first-order valence-corrected chi connectivity index (χ1v) is 12.8. The summed E-state index contributed by atoms with van der Waals surface area (Å²) in [7, 11) is 2.03. The number of hydrogen-bond donors (Lipinski definition) is 2. The number of likely N-dealkylation sites (N-methyl/N-ethyl adjacent to an activating group) is 1. The zero-order valence-corrected chi connectivity index (χ0v) is 21.7. The first kappa shape index (κ1) is 28.1. The maximum Gasteiger partial charge on any atom is 0.302 e. The second-order valence-corrected chi connectivity index (χ2v) is 9.53. The summed E-state index contributed by atoms with van der Waals surface area (Å²) in [5, 5.41) is 5.45. The summed E-state index contributed by atoms with van der Waals surface area (Å²) in [6, 6.07) is 6.33. The fourth-order valence-electron chi connectivity index (χ4n) is 4.41. The van der Waals surface area contributed by atoms with E-state index in [-0.39, 0.29) is 49.2 Å². The molecule has 0 aliphatic carbocycles. The Balaban J connectivity index is 1.38. The Bertz CT molecular complexity index is 974. The average molecular weight is 516 g/mol. The molecule has 11 heteroatoms. The van der Waals surface area contributed by atoms with E-state index in [2.05, 4.69) is 15.5 Å². The van der Waals surface area contributed by atoms with E-state index in [4.69, 9.17) is 4.74 Å². The minimum atomic E-state index is -0.605. The van der Waals surface area contributed by atoms with Crippen molar-refractivity contribution in [2.45, 2.75) is 51.7 Å². The van der Waals surface area contributed by atoms with Crippen molar-refractivity contribution in [3.05, 3.63) is 29.8 Å². The van der Waals surface area contributed by atoms with Crippen molar-refractivity contribution in [3.8, 4) is 0 Å². The highest BCUT2D eigenvalue weighted by atomic mass is 16.5. The molecular weight excluding hydrogens is 478 g/mol. The van der Waals surface area contributed by atoms with Gasteiger partial charge in [0.25, 0.3) is 0 Å². The molecule has 0 radical (unpaired) electrons. The monoisotopic (exact) mass is 515 g/mol. The molecule has 1 aromatic rings. The first-order chi connectivity index (χ1) is 17.7. The molecule has 0 spiro atoms. The molecule has 4 amide bonds. The quantitative estimate of drug-likeness (QED) is 0.440. The lowest BCUT2D eigenvalue weighted by molar-refractivity contribution is -0.142. The van der Waals surface area contributed by atoms with Gasteiger partial charge in [0.1, 0.15) is 12.6 Å². The summed E-state index contributed by atoms with van der Waals surface area (Å²) in [4.78, 5) is 66.5. The molecule has 11 nitrogen and oxygen atoms in total. The zero-order valence-electron chi connectivity index (χ0n) is 21.7. The van der Waals surface area contributed by atoms with Crippen LogP contribution in [0.2, 0.25) is 0 Å². The van der Waals surface area contributed by atoms with Gasteiger partial charge in [-0.2, -0.15) is 0 Å². The number of carbonyl (C=O) groups is 5. The fraction of sp³-hybridized carbons (Fsp3) is 0.577. The molecular formula is C26H37N5O6. The Kier molecular flexibility index (Phi) is 10.4. The lowest BCUT2D eigenvalue weighted by atomic mass is 10.1. The molecule has 2 aliphatic heterocycles. The number of amides is 4. The highest BCUT2D eigenvalue weighted by Gasteiger charge is 2.34. The average Bonchev–Trinajstić information content (AvgIpc) is 3.37. The Morgan fingerprint density at radius 1 is 0.946 bits per heavy atom. The molecule has 2 fully saturated rings. The van der Waals surface area contributed by atoms with Gasteiger partial charge in [-0.3, -0.25) is 24.0 Å². The van der Waals surface area contributed by atoms with Crippen LogP contribution in [0.1, 0.15) is 44.6 Å². The van der Waals surface area contributed by atoms with Gasteiger partial charge < -0.3 is 30.1 Å². The summed E-state index contributed by atoms with van der Waals surface area (Å²) < 4.78 is 4.95. The molecule has 1 aromatic carbocycles. The first-order valence-electron chi connectivity index (χ1n) is 12.8. The number of anilines is 1. The molecule has 0 saturated carbocycles. The molecule has 2 saturated heterocycles. The highest BCUT2D eigenvalue weighted by Crippen LogP contribution is 2.20. The molecule has 202 valence electrons. The standard InChI is InChI=1S/C26H37N5O6/c1-19(32)37-18-20-8-10-21(11-9-20)28-26(36)22-5-4-12-31(22)25(35)17-27-23(33)6-3-7-24(34)30-15-13-29(2)14-16-30/h8-11,22H,3-7,12-18H2,1-2H3,(H,27,33)(H,28,36). The van der Waals surface area contributed by atoms with Crippen LogP contribution in [0, 0.1) is 0 Å². The molecule has 3 rings (SSSR count). The minimum Gasteiger partial charge on any atom is -0.461 e. The number of nitrogens with zero attached hydrogens (tertiary/aromatic N) is 3. The SMILES string of the molecule is CC(=O)OCc1ccc(NC(=O)C2CCCN2C(=O)CNC(=O)CCCC(=O)N2CCN(C)CC2)cc1. The maximum atomic E-state index is 12.8. The molecule has 1 unspecified atom stereocenters. The Morgan fingerprint density at radius 2 is 1.65 bits per heavy atom. The van der Waals surface area contributed by atoms with Gasteiger partial charge in [0.05, 0.1) is 6.54 Å². The van der Waals surface area contributed by atoms with Crippen LogP contribution in [-0.2, 0) is 35.3 Å². The summed E-state index contributed by atoms with van der Waals surface area (Å²) in [5.74, 6) is -1.19. The molecule has 2 N–H and O–H groups in total. The van der Waals surface area contributed by atoms with E-state index in [0.717, 1.165) is 18.7 Å². The van der Waals surface area contributed by atoms with Crippen LogP contribution < -0.4 is 10.6 Å². The molecule has 37 heavy (non-hydrogen) atoms. The van der Waals surface area contributed by atoms with Gasteiger partial charge in [0.2, 0.25) is 23.6 Å². The van der Waals surface area contributed by atoms with E-state index in [1.165, 1.54) is 11.8 Å². The number of esters is 1. The lowest BCUT2D eigenvalue weighted by Gasteiger charge is -2.32. The minimum absolute atomic E-state index is 0.0573. The molecule has 1 atom stereocenters. The normalized spacial score (nSPS) is 17.8. The summed E-state index contributed by atoms with van der Waals surface area (Å²) in [6.45, 7) is 4.90. The number of ether oxygens (including phenoxy) is 1.